The number of amides is 1. The average Bonchev–Trinajstić information content (AvgIpc) is 2.38. The first-order chi connectivity index (χ1) is 8.17. The summed E-state index contributed by atoms with van der Waals surface area (Å²) in [7, 11) is 2.98. The summed E-state index contributed by atoms with van der Waals surface area (Å²) >= 11 is 0. The molecule has 0 aliphatic heterocycles. The predicted molar refractivity (Wildman–Crippen MR) is 60.2 cm³/mol. The zero-order valence-electron chi connectivity index (χ0n) is 9.56. The minimum Gasteiger partial charge on any atom is -0.493 e. The smallest absolute Gasteiger partial charge is 0.255 e. The van der Waals surface area contributed by atoms with Gasteiger partial charge >= 0.3 is 0 Å². The van der Waals surface area contributed by atoms with Gasteiger partial charge in [-0.25, -0.2) is 5.84 Å². The van der Waals surface area contributed by atoms with Crippen LogP contribution in [0.1, 0.15) is 11.5 Å². The van der Waals surface area contributed by atoms with Crippen molar-refractivity contribution < 1.29 is 14.3 Å². The Morgan fingerprint density at radius 3 is 2.53 bits per heavy atom. The molecule has 0 saturated carbocycles. The van der Waals surface area contributed by atoms with E-state index in [0.717, 1.165) is 0 Å². The van der Waals surface area contributed by atoms with Crippen LogP contribution in [0.15, 0.2) is 18.2 Å². The van der Waals surface area contributed by atoms with E-state index in [1.54, 1.807) is 18.2 Å². The van der Waals surface area contributed by atoms with Gasteiger partial charge in [0.25, 0.3) is 5.91 Å². The third kappa shape index (κ3) is 2.65. The second kappa shape index (κ2) is 5.72. The largest absolute Gasteiger partial charge is 0.493 e. The first kappa shape index (κ1) is 12.8. The van der Waals surface area contributed by atoms with Gasteiger partial charge in [-0.3, -0.25) is 10.2 Å². The van der Waals surface area contributed by atoms with Crippen LogP contribution in [-0.4, -0.2) is 20.1 Å². The molecule has 0 spiro atoms. The van der Waals surface area contributed by atoms with E-state index in [2.05, 4.69) is 0 Å². The van der Waals surface area contributed by atoms with Crippen LogP contribution in [0.5, 0.6) is 11.5 Å². The quantitative estimate of drug-likeness (QED) is 0.444. The molecule has 0 aliphatic rings. The Hall–Kier alpha value is -2.26. The van der Waals surface area contributed by atoms with Crippen molar-refractivity contribution in [3.05, 3.63) is 23.8 Å². The fraction of sp³-hybridized carbons (Fsp3) is 0.273. The summed E-state index contributed by atoms with van der Waals surface area (Å²) in [5, 5.41) is 8.93. The molecule has 0 radical (unpaired) electrons. The van der Waals surface area contributed by atoms with Gasteiger partial charge in [0.15, 0.2) is 17.4 Å². The van der Waals surface area contributed by atoms with Gasteiger partial charge in [-0.15, -0.1) is 0 Å². The Kier molecular flexibility index (Phi) is 4.31. The van der Waals surface area contributed by atoms with Gasteiger partial charge < -0.3 is 9.47 Å². The van der Waals surface area contributed by atoms with E-state index in [1.807, 2.05) is 11.5 Å². The fourth-order valence-electron chi connectivity index (χ4n) is 1.40. The summed E-state index contributed by atoms with van der Waals surface area (Å²) in [6, 6.07) is 6.68. The fourth-order valence-corrected chi connectivity index (χ4v) is 1.40. The SMILES string of the molecule is COc1ccc(C(C#N)C(=O)NN)cc1OC. The van der Waals surface area contributed by atoms with Crippen LogP contribution in [0.2, 0.25) is 0 Å². The highest BCUT2D eigenvalue weighted by Crippen LogP contribution is 2.30. The molecule has 6 nitrogen and oxygen atoms in total. The predicted octanol–water partition coefficient (Wildman–Crippen LogP) is 0.301. The summed E-state index contributed by atoms with van der Waals surface area (Å²) in [6.45, 7) is 0. The lowest BCUT2D eigenvalue weighted by Crippen LogP contribution is -2.34. The van der Waals surface area contributed by atoms with Gasteiger partial charge in [0, 0.05) is 0 Å². The Morgan fingerprint density at radius 2 is 2.06 bits per heavy atom. The molecule has 90 valence electrons. The Balaban J connectivity index is 3.14. The van der Waals surface area contributed by atoms with Crippen molar-refractivity contribution in [2.45, 2.75) is 5.92 Å². The molecule has 0 heterocycles. The maximum atomic E-state index is 11.4. The molecular weight excluding hydrogens is 222 g/mol. The molecule has 17 heavy (non-hydrogen) atoms. The minimum absolute atomic E-state index is 0.454. The molecular formula is C11H13N3O3. The number of rotatable bonds is 4. The molecule has 1 aromatic rings. The number of methoxy groups -OCH3 is 2. The van der Waals surface area contributed by atoms with Gasteiger partial charge in [-0.05, 0) is 17.7 Å². The second-order valence-electron chi connectivity index (χ2n) is 3.19. The third-order valence-corrected chi connectivity index (χ3v) is 2.27. The number of hydrogen-bond acceptors (Lipinski definition) is 5. The number of nitrogens with zero attached hydrogens (tertiary/aromatic N) is 1. The van der Waals surface area contributed by atoms with Crippen LogP contribution in [0, 0.1) is 11.3 Å². The Morgan fingerprint density at radius 1 is 1.41 bits per heavy atom. The second-order valence-corrected chi connectivity index (χ2v) is 3.19. The van der Waals surface area contributed by atoms with E-state index in [9.17, 15) is 4.79 Å². The molecule has 0 aliphatic carbocycles. The number of ether oxygens (including phenoxy) is 2. The maximum absolute atomic E-state index is 11.4. The number of benzene rings is 1. The van der Waals surface area contributed by atoms with Gasteiger partial charge in [0.1, 0.15) is 0 Å². The van der Waals surface area contributed by atoms with E-state index >= 15 is 0 Å². The summed E-state index contributed by atoms with van der Waals surface area (Å²) in [5.74, 6) is 4.45. The Labute approximate surface area is 98.9 Å². The van der Waals surface area contributed by atoms with Gasteiger partial charge in [0.05, 0.1) is 20.3 Å². The molecule has 0 bridgehead atoms. The van der Waals surface area contributed by atoms with Gasteiger partial charge in [-0.1, -0.05) is 6.07 Å². The highest BCUT2D eigenvalue weighted by molar-refractivity contribution is 5.86. The topological polar surface area (TPSA) is 97.4 Å². The molecule has 1 amide bonds. The van der Waals surface area contributed by atoms with E-state index in [1.165, 1.54) is 14.2 Å². The summed E-state index contributed by atoms with van der Waals surface area (Å²) in [5.41, 5.74) is 2.44. The molecule has 0 fully saturated rings. The molecule has 1 atom stereocenters. The molecule has 1 aromatic carbocycles. The first-order valence-corrected chi connectivity index (χ1v) is 4.80. The van der Waals surface area contributed by atoms with Crippen molar-refractivity contribution in [1.29, 1.82) is 5.26 Å². The number of nitrogens with one attached hydrogen (secondary N) is 1. The molecule has 1 unspecified atom stereocenters. The summed E-state index contributed by atoms with van der Waals surface area (Å²) in [6.07, 6.45) is 0. The van der Waals surface area contributed by atoms with Crippen LogP contribution >= 0.6 is 0 Å². The van der Waals surface area contributed by atoms with Crippen molar-refractivity contribution in [1.82, 2.24) is 5.43 Å². The monoisotopic (exact) mass is 235 g/mol. The highest BCUT2D eigenvalue weighted by Gasteiger charge is 2.20. The van der Waals surface area contributed by atoms with Crippen molar-refractivity contribution in [3.63, 3.8) is 0 Å². The minimum atomic E-state index is -0.972. The lowest BCUT2D eigenvalue weighted by Gasteiger charge is -2.12. The van der Waals surface area contributed by atoms with Crippen LogP contribution in [-0.2, 0) is 4.79 Å². The molecule has 0 saturated heterocycles. The van der Waals surface area contributed by atoms with Gasteiger partial charge in [-0.2, -0.15) is 5.26 Å². The van der Waals surface area contributed by atoms with Crippen molar-refractivity contribution in [3.8, 4) is 17.6 Å². The number of carbonyl (C=O) groups excluding carboxylic acids is 1. The van der Waals surface area contributed by atoms with E-state index in [4.69, 9.17) is 20.6 Å². The molecule has 6 heteroatoms. The van der Waals surface area contributed by atoms with Crippen LogP contribution in [0.25, 0.3) is 0 Å². The number of nitrogens with two attached hydrogens (primary N) is 1. The Bertz CT molecular complexity index is 454. The van der Waals surface area contributed by atoms with Crippen molar-refractivity contribution in [2.24, 2.45) is 5.84 Å². The average molecular weight is 235 g/mol. The van der Waals surface area contributed by atoms with Crippen molar-refractivity contribution >= 4 is 5.91 Å². The number of hydrazine groups is 1. The lowest BCUT2D eigenvalue weighted by atomic mass is 9.99. The number of hydrogen-bond donors (Lipinski definition) is 2. The summed E-state index contributed by atoms with van der Waals surface area (Å²) < 4.78 is 10.1. The summed E-state index contributed by atoms with van der Waals surface area (Å²) in [4.78, 5) is 11.4. The highest BCUT2D eigenvalue weighted by atomic mass is 16.5. The zero-order valence-corrected chi connectivity index (χ0v) is 9.56. The normalized spacial score (nSPS) is 11.2. The van der Waals surface area contributed by atoms with E-state index in [-0.39, 0.29) is 0 Å². The first-order valence-electron chi connectivity index (χ1n) is 4.80. The molecule has 1 rings (SSSR count). The number of nitriles is 1. The maximum Gasteiger partial charge on any atom is 0.255 e. The van der Waals surface area contributed by atoms with Gasteiger partial charge in [0.2, 0.25) is 0 Å². The zero-order chi connectivity index (χ0) is 12.8. The molecule has 3 N–H and O–H groups in total. The van der Waals surface area contributed by atoms with Crippen LogP contribution < -0.4 is 20.7 Å². The van der Waals surface area contributed by atoms with E-state index < -0.39 is 11.8 Å². The van der Waals surface area contributed by atoms with E-state index in [0.29, 0.717) is 17.1 Å². The third-order valence-electron chi connectivity index (χ3n) is 2.27. The number of carbonyl (C=O) groups is 1. The lowest BCUT2D eigenvalue weighted by molar-refractivity contribution is -0.121. The standard InChI is InChI=1S/C11H13N3O3/c1-16-9-4-3-7(5-10(9)17-2)8(6-12)11(15)14-13/h3-5,8H,13H2,1-2H3,(H,14,15). The van der Waals surface area contributed by atoms with Crippen LogP contribution in [0.4, 0.5) is 0 Å². The van der Waals surface area contributed by atoms with Crippen molar-refractivity contribution in [2.75, 3.05) is 14.2 Å². The molecule has 0 aromatic heterocycles. The van der Waals surface area contributed by atoms with Crippen LogP contribution in [0.3, 0.4) is 0 Å².